The second kappa shape index (κ2) is 9.11. The molecule has 1 saturated carbocycles. The molecule has 2 N–H and O–H groups in total. The quantitative estimate of drug-likeness (QED) is 0.584. The summed E-state index contributed by atoms with van der Waals surface area (Å²) in [5, 5.41) is 12.5. The van der Waals surface area contributed by atoms with Crippen molar-refractivity contribution in [3.63, 3.8) is 0 Å². The number of ether oxygens (including phenoxy) is 2. The van der Waals surface area contributed by atoms with E-state index in [2.05, 4.69) is 10.1 Å². The molecule has 3 rings (SSSR count). The van der Waals surface area contributed by atoms with E-state index in [0.29, 0.717) is 12.8 Å². The topological polar surface area (TPSA) is 122 Å². The number of carboxylic acids is 1. The number of nitrogens with zero attached hydrogens (tertiary/aromatic N) is 1. The van der Waals surface area contributed by atoms with Gasteiger partial charge in [0.2, 0.25) is 5.91 Å². The SMILES string of the molecule is COC(=O)CNC(=O)C(C1CCCCC1)N1[C@@H]2CC[C@H]1[C@@H](C(=O)O)[C@@H]2C(=O)OC. The van der Waals surface area contributed by atoms with Gasteiger partial charge in [0.15, 0.2) is 0 Å². The molecule has 2 bridgehead atoms. The van der Waals surface area contributed by atoms with E-state index in [9.17, 15) is 24.3 Å². The molecule has 1 amide bonds. The van der Waals surface area contributed by atoms with Gasteiger partial charge in [0, 0.05) is 12.1 Å². The fraction of sp³-hybridized carbons (Fsp3) is 0.800. The van der Waals surface area contributed by atoms with Crippen LogP contribution in [0.3, 0.4) is 0 Å². The number of fused-ring (bicyclic) bond motifs is 2. The zero-order valence-corrected chi connectivity index (χ0v) is 17.0. The Labute approximate surface area is 170 Å². The van der Waals surface area contributed by atoms with Gasteiger partial charge in [0.1, 0.15) is 6.54 Å². The molecule has 0 aromatic heterocycles. The molecule has 1 aliphatic carbocycles. The molecule has 1 unspecified atom stereocenters. The van der Waals surface area contributed by atoms with Crippen molar-refractivity contribution < 1.29 is 33.8 Å². The van der Waals surface area contributed by atoms with Crippen LogP contribution in [0.15, 0.2) is 0 Å². The summed E-state index contributed by atoms with van der Waals surface area (Å²) in [6.07, 6.45) is 6.15. The number of carbonyl (C=O) groups excluding carboxylic acids is 3. The average Bonchev–Trinajstić information content (AvgIpc) is 3.28. The maximum atomic E-state index is 13.2. The molecule has 0 spiro atoms. The van der Waals surface area contributed by atoms with E-state index < -0.39 is 41.8 Å². The second-order valence-electron chi connectivity index (χ2n) is 8.21. The van der Waals surface area contributed by atoms with E-state index in [1.165, 1.54) is 14.2 Å². The Balaban J connectivity index is 1.90. The van der Waals surface area contributed by atoms with E-state index in [1.807, 2.05) is 4.90 Å². The van der Waals surface area contributed by atoms with Crippen LogP contribution in [0.4, 0.5) is 0 Å². The molecule has 9 heteroatoms. The summed E-state index contributed by atoms with van der Waals surface area (Å²) in [4.78, 5) is 51.0. The summed E-state index contributed by atoms with van der Waals surface area (Å²) in [5.41, 5.74) is 0. The number of amides is 1. The Bertz CT molecular complexity index is 661. The van der Waals surface area contributed by atoms with Gasteiger partial charge in [-0.25, -0.2) is 0 Å². The molecular weight excluding hydrogens is 380 g/mol. The van der Waals surface area contributed by atoms with Crippen molar-refractivity contribution in [1.82, 2.24) is 10.2 Å². The van der Waals surface area contributed by atoms with Gasteiger partial charge < -0.3 is 19.9 Å². The summed E-state index contributed by atoms with van der Waals surface area (Å²) in [6, 6.07) is -1.30. The van der Waals surface area contributed by atoms with E-state index in [1.54, 1.807) is 0 Å². The number of rotatable bonds is 7. The van der Waals surface area contributed by atoms with Crippen molar-refractivity contribution in [2.75, 3.05) is 20.8 Å². The minimum absolute atomic E-state index is 0.0651. The first-order chi connectivity index (χ1) is 13.9. The number of hydrogen-bond donors (Lipinski definition) is 2. The number of carboxylic acid groups (broad SMARTS) is 1. The Kier molecular flexibility index (Phi) is 6.77. The first-order valence-corrected chi connectivity index (χ1v) is 10.3. The molecular formula is C20H30N2O7. The van der Waals surface area contributed by atoms with Crippen molar-refractivity contribution in [2.45, 2.75) is 63.1 Å². The Morgan fingerprint density at radius 3 is 2.14 bits per heavy atom. The smallest absolute Gasteiger partial charge is 0.325 e. The van der Waals surface area contributed by atoms with Crippen LogP contribution < -0.4 is 5.32 Å². The van der Waals surface area contributed by atoms with Gasteiger partial charge in [0.05, 0.1) is 32.1 Å². The Morgan fingerprint density at radius 1 is 0.966 bits per heavy atom. The van der Waals surface area contributed by atoms with Gasteiger partial charge >= 0.3 is 17.9 Å². The first kappa shape index (κ1) is 21.5. The fourth-order valence-electron chi connectivity index (χ4n) is 5.64. The monoisotopic (exact) mass is 410 g/mol. The molecule has 0 aromatic rings. The zero-order valence-electron chi connectivity index (χ0n) is 17.0. The molecule has 5 atom stereocenters. The molecule has 3 aliphatic rings. The molecule has 2 heterocycles. The fourth-order valence-corrected chi connectivity index (χ4v) is 5.64. The van der Waals surface area contributed by atoms with Gasteiger partial charge in [-0.05, 0) is 31.6 Å². The highest BCUT2D eigenvalue weighted by molar-refractivity contribution is 5.87. The summed E-state index contributed by atoms with van der Waals surface area (Å²) in [6.45, 7) is -0.232. The van der Waals surface area contributed by atoms with Crippen LogP contribution in [0, 0.1) is 17.8 Å². The van der Waals surface area contributed by atoms with Crippen LogP contribution in [-0.4, -0.2) is 72.7 Å². The van der Waals surface area contributed by atoms with Crippen LogP contribution in [0.5, 0.6) is 0 Å². The molecule has 0 aromatic carbocycles. The van der Waals surface area contributed by atoms with Crippen molar-refractivity contribution in [2.24, 2.45) is 17.8 Å². The van der Waals surface area contributed by atoms with Gasteiger partial charge in [-0.2, -0.15) is 0 Å². The number of aliphatic carboxylic acids is 1. The number of carbonyl (C=O) groups is 4. The largest absolute Gasteiger partial charge is 0.481 e. The third-order valence-corrected chi connectivity index (χ3v) is 6.82. The van der Waals surface area contributed by atoms with E-state index >= 15 is 0 Å². The predicted molar refractivity (Wildman–Crippen MR) is 101 cm³/mol. The highest BCUT2D eigenvalue weighted by atomic mass is 16.5. The summed E-state index contributed by atoms with van der Waals surface area (Å²) in [5.74, 6) is -4.01. The number of esters is 2. The highest BCUT2D eigenvalue weighted by Crippen LogP contribution is 2.49. The number of nitrogens with one attached hydrogen (secondary N) is 1. The molecule has 162 valence electrons. The normalized spacial score (nSPS) is 30.6. The maximum absolute atomic E-state index is 13.2. The van der Waals surface area contributed by atoms with E-state index in [0.717, 1.165) is 32.1 Å². The van der Waals surface area contributed by atoms with Gasteiger partial charge in [-0.1, -0.05) is 19.3 Å². The first-order valence-electron chi connectivity index (χ1n) is 10.3. The Morgan fingerprint density at radius 2 is 1.59 bits per heavy atom. The average molecular weight is 410 g/mol. The lowest BCUT2D eigenvalue weighted by atomic mass is 9.79. The van der Waals surface area contributed by atoms with Crippen LogP contribution >= 0.6 is 0 Å². The predicted octanol–water partition coefficient (Wildman–Crippen LogP) is 0.561. The standard InChI is InChI=1S/C20H30N2O7/c1-28-14(23)10-21-18(24)17(11-6-4-3-5-7-11)22-12-8-9-13(22)16(20(27)29-2)15(12)19(25)26/h11-13,15-17H,3-10H2,1-2H3,(H,21,24)(H,25,26)/t12-,13+,15+,16+,17?/m0/s1. The lowest BCUT2D eigenvalue weighted by Crippen LogP contribution is -2.55. The minimum atomic E-state index is -1.03. The van der Waals surface area contributed by atoms with Crippen LogP contribution in [0.2, 0.25) is 0 Å². The van der Waals surface area contributed by atoms with Crippen molar-refractivity contribution >= 4 is 23.8 Å². The summed E-state index contributed by atoms with van der Waals surface area (Å²) in [7, 11) is 2.52. The highest BCUT2D eigenvalue weighted by Gasteiger charge is 2.62. The Hall–Kier alpha value is -2.16. The molecule has 0 radical (unpaired) electrons. The van der Waals surface area contributed by atoms with Crippen molar-refractivity contribution in [3.05, 3.63) is 0 Å². The summed E-state index contributed by atoms with van der Waals surface area (Å²) >= 11 is 0. The minimum Gasteiger partial charge on any atom is -0.481 e. The van der Waals surface area contributed by atoms with E-state index in [-0.39, 0.29) is 24.4 Å². The molecule has 2 aliphatic heterocycles. The molecule has 2 saturated heterocycles. The van der Waals surface area contributed by atoms with Crippen LogP contribution in [-0.2, 0) is 28.7 Å². The van der Waals surface area contributed by atoms with Gasteiger partial charge in [0.25, 0.3) is 0 Å². The van der Waals surface area contributed by atoms with Crippen LogP contribution in [0.1, 0.15) is 44.9 Å². The lowest BCUT2D eigenvalue weighted by Gasteiger charge is -2.38. The third-order valence-electron chi connectivity index (χ3n) is 6.82. The second-order valence-corrected chi connectivity index (χ2v) is 8.21. The number of hydrogen-bond acceptors (Lipinski definition) is 7. The number of methoxy groups -OCH3 is 2. The lowest BCUT2D eigenvalue weighted by molar-refractivity contribution is -0.156. The summed E-state index contributed by atoms with van der Waals surface area (Å²) < 4.78 is 9.52. The third kappa shape index (κ3) is 4.10. The maximum Gasteiger partial charge on any atom is 0.325 e. The molecule has 9 nitrogen and oxygen atoms in total. The molecule has 3 fully saturated rings. The molecule has 29 heavy (non-hydrogen) atoms. The van der Waals surface area contributed by atoms with Gasteiger partial charge in [-0.15, -0.1) is 0 Å². The zero-order chi connectivity index (χ0) is 21.1. The van der Waals surface area contributed by atoms with Gasteiger partial charge in [-0.3, -0.25) is 24.1 Å². The van der Waals surface area contributed by atoms with Crippen LogP contribution in [0.25, 0.3) is 0 Å². The van der Waals surface area contributed by atoms with Crippen molar-refractivity contribution in [3.8, 4) is 0 Å². The van der Waals surface area contributed by atoms with Crippen molar-refractivity contribution in [1.29, 1.82) is 0 Å². The van der Waals surface area contributed by atoms with E-state index in [4.69, 9.17) is 4.74 Å².